The summed E-state index contributed by atoms with van der Waals surface area (Å²) in [5.74, 6) is 0.251. The normalized spacial score (nSPS) is 14.2. The smallest absolute Gasteiger partial charge is 0.0441 e. The van der Waals surface area contributed by atoms with Gasteiger partial charge < -0.3 is 5.73 Å². The maximum Gasteiger partial charge on any atom is 0.0441 e. The SMILES string of the molecule is CC(N)C(Cc1ccccc1)c1ccccc1Cl. The summed E-state index contributed by atoms with van der Waals surface area (Å²) in [6.07, 6.45) is 0.919. The Morgan fingerprint density at radius 2 is 1.61 bits per heavy atom. The van der Waals surface area contributed by atoms with E-state index >= 15 is 0 Å². The summed E-state index contributed by atoms with van der Waals surface area (Å²) in [4.78, 5) is 0. The molecule has 0 bridgehead atoms. The van der Waals surface area contributed by atoms with Crippen LogP contribution in [-0.4, -0.2) is 6.04 Å². The van der Waals surface area contributed by atoms with Gasteiger partial charge in [-0.3, -0.25) is 0 Å². The van der Waals surface area contributed by atoms with E-state index in [1.165, 1.54) is 5.56 Å². The highest BCUT2D eigenvalue weighted by atomic mass is 35.5. The zero-order valence-corrected chi connectivity index (χ0v) is 11.3. The Morgan fingerprint density at radius 3 is 2.22 bits per heavy atom. The summed E-state index contributed by atoms with van der Waals surface area (Å²) >= 11 is 6.27. The van der Waals surface area contributed by atoms with Gasteiger partial charge in [0.25, 0.3) is 0 Å². The van der Waals surface area contributed by atoms with Crippen LogP contribution in [0.3, 0.4) is 0 Å². The van der Waals surface area contributed by atoms with Crippen LogP contribution >= 0.6 is 11.6 Å². The number of hydrogen-bond donors (Lipinski definition) is 1. The molecule has 18 heavy (non-hydrogen) atoms. The molecule has 2 aromatic carbocycles. The lowest BCUT2D eigenvalue weighted by atomic mass is 9.87. The average molecular weight is 260 g/mol. The van der Waals surface area contributed by atoms with Crippen molar-refractivity contribution in [1.29, 1.82) is 0 Å². The molecule has 2 heteroatoms. The zero-order chi connectivity index (χ0) is 13.0. The Bertz CT molecular complexity index is 493. The molecule has 0 spiro atoms. The van der Waals surface area contributed by atoms with Crippen molar-refractivity contribution < 1.29 is 0 Å². The summed E-state index contributed by atoms with van der Waals surface area (Å²) < 4.78 is 0. The highest BCUT2D eigenvalue weighted by Crippen LogP contribution is 2.29. The Labute approximate surface area is 114 Å². The largest absolute Gasteiger partial charge is 0.327 e. The summed E-state index contributed by atoms with van der Waals surface area (Å²) in [7, 11) is 0. The minimum absolute atomic E-state index is 0.0742. The van der Waals surface area contributed by atoms with Gasteiger partial charge in [0.2, 0.25) is 0 Å². The van der Waals surface area contributed by atoms with Crippen molar-refractivity contribution in [2.75, 3.05) is 0 Å². The molecule has 0 aromatic heterocycles. The third-order valence-corrected chi connectivity index (χ3v) is 3.58. The molecule has 0 heterocycles. The van der Waals surface area contributed by atoms with Gasteiger partial charge in [-0.15, -0.1) is 0 Å². The molecule has 2 rings (SSSR count). The molecule has 1 nitrogen and oxygen atoms in total. The molecule has 0 saturated carbocycles. The Kier molecular flexibility index (Phi) is 4.40. The molecule has 2 N–H and O–H groups in total. The predicted octanol–water partition coefficient (Wildman–Crippen LogP) is 4.01. The molecule has 0 fully saturated rings. The van der Waals surface area contributed by atoms with E-state index in [-0.39, 0.29) is 12.0 Å². The highest BCUT2D eigenvalue weighted by molar-refractivity contribution is 6.31. The van der Waals surface area contributed by atoms with Gasteiger partial charge in [0.05, 0.1) is 0 Å². The first-order valence-electron chi connectivity index (χ1n) is 6.22. The van der Waals surface area contributed by atoms with Gasteiger partial charge in [-0.05, 0) is 30.5 Å². The monoisotopic (exact) mass is 259 g/mol. The van der Waals surface area contributed by atoms with Crippen LogP contribution in [0.5, 0.6) is 0 Å². The van der Waals surface area contributed by atoms with Crippen molar-refractivity contribution in [2.24, 2.45) is 5.73 Å². The van der Waals surface area contributed by atoms with Crippen LogP contribution in [0, 0.1) is 0 Å². The van der Waals surface area contributed by atoms with Crippen molar-refractivity contribution >= 4 is 11.6 Å². The van der Waals surface area contributed by atoms with Crippen LogP contribution in [0.4, 0.5) is 0 Å². The van der Waals surface area contributed by atoms with E-state index in [2.05, 4.69) is 30.3 Å². The molecule has 2 atom stereocenters. The lowest BCUT2D eigenvalue weighted by Gasteiger charge is -2.22. The number of rotatable bonds is 4. The minimum Gasteiger partial charge on any atom is -0.327 e. The predicted molar refractivity (Wildman–Crippen MR) is 78.0 cm³/mol. The Balaban J connectivity index is 2.27. The summed E-state index contributed by atoms with van der Waals surface area (Å²) in [5.41, 5.74) is 8.56. The fourth-order valence-electron chi connectivity index (χ4n) is 2.22. The minimum atomic E-state index is 0.0742. The third-order valence-electron chi connectivity index (χ3n) is 3.24. The van der Waals surface area contributed by atoms with E-state index < -0.39 is 0 Å². The van der Waals surface area contributed by atoms with Gasteiger partial charge in [0.15, 0.2) is 0 Å². The lowest BCUT2D eigenvalue weighted by molar-refractivity contribution is 0.565. The Hall–Kier alpha value is -1.31. The first-order valence-corrected chi connectivity index (χ1v) is 6.60. The van der Waals surface area contributed by atoms with Gasteiger partial charge in [-0.1, -0.05) is 60.1 Å². The maximum absolute atomic E-state index is 6.27. The second-order valence-corrected chi connectivity index (χ2v) is 5.08. The molecule has 2 aromatic rings. The first-order chi connectivity index (χ1) is 8.68. The summed E-state index contributed by atoms with van der Waals surface area (Å²) in [6, 6.07) is 18.4. The molecule has 2 unspecified atom stereocenters. The van der Waals surface area contributed by atoms with Crippen molar-refractivity contribution in [3.8, 4) is 0 Å². The van der Waals surface area contributed by atoms with Crippen LogP contribution < -0.4 is 5.73 Å². The van der Waals surface area contributed by atoms with Gasteiger partial charge in [0.1, 0.15) is 0 Å². The fourth-order valence-corrected chi connectivity index (χ4v) is 2.50. The van der Waals surface area contributed by atoms with Gasteiger partial charge >= 0.3 is 0 Å². The molecular weight excluding hydrogens is 242 g/mol. The molecule has 0 aliphatic rings. The summed E-state index contributed by atoms with van der Waals surface area (Å²) in [5, 5.41) is 0.802. The van der Waals surface area contributed by atoms with Crippen LogP contribution in [0.2, 0.25) is 5.02 Å². The van der Waals surface area contributed by atoms with Gasteiger partial charge in [-0.25, -0.2) is 0 Å². The van der Waals surface area contributed by atoms with E-state index in [1.54, 1.807) is 0 Å². The van der Waals surface area contributed by atoms with E-state index in [4.69, 9.17) is 17.3 Å². The quantitative estimate of drug-likeness (QED) is 0.882. The highest BCUT2D eigenvalue weighted by Gasteiger charge is 2.19. The molecular formula is C16H18ClN. The van der Waals surface area contributed by atoms with E-state index in [0.29, 0.717) is 0 Å². The van der Waals surface area contributed by atoms with Crippen molar-refractivity contribution in [3.63, 3.8) is 0 Å². The number of nitrogens with two attached hydrogens (primary N) is 1. The maximum atomic E-state index is 6.27. The number of hydrogen-bond acceptors (Lipinski definition) is 1. The average Bonchev–Trinajstić information content (AvgIpc) is 2.38. The van der Waals surface area contributed by atoms with Crippen LogP contribution in [-0.2, 0) is 6.42 Å². The second kappa shape index (κ2) is 6.03. The molecule has 0 aliphatic carbocycles. The van der Waals surface area contributed by atoms with Crippen molar-refractivity contribution in [3.05, 3.63) is 70.7 Å². The van der Waals surface area contributed by atoms with Crippen molar-refractivity contribution in [2.45, 2.75) is 25.3 Å². The first kappa shape index (κ1) is 13.1. The zero-order valence-electron chi connectivity index (χ0n) is 10.5. The molecule has 94 valence electrons. The molecule has 0 aliphatic heterocycles. The van der Waals surface area contributed by atoms with Crippen LogP contribution in [0.1, 0.15) is 24.0 Å². The lowest BCUT2D eigenvalue weighted by Crippen LogP contribution is -2.26. The summed E-state index contributed by atoms with van der Waals surface area (Å²) in [6.45, 7) is 2.04. The molecule has 0 radical (unpaired) electrons. The second-order valence-electron chi connectivity index (χ2n) is 4.68. The standard InChI is InChI=1S/C16H18ClN/c1-12(18)15(11-13-7-3-2-4-8-13)14-9-5-6-10-16(14)17/h2-10,12,15H,11,18H2,1H3. The van der Waals surface area contributed by atoms with Gasteiger partial charge in [0, 0.05) is 17.0 Å². The van der Waals surface area contributed by atoms with Crippen LogP contribution in [0.15, 0.2) is 54.6 Å². The Morgan fingerprint density at radius 1 is 1.00 bits per heavy atom. The van der Waals surface area contributed by atoms with E-state index in [9.17, 15) is 0 Å². The van der Waals surface area contributed by atoms with Gasteiger partial charge in [-0.2, -0.15) is 0 Å². The van der Waals surface area contributed by atoms with E-state index in [0.717, 1.165) is 17.0 Å². The molecule has 0 saturated heterocycles. The number of benzene rings is 2. The fraction of sp³-hybridized carbons (Fsp3) is 0.250. The number of halogens is 1. The molecule has 0 amide bonds. The third kappa shape index (κ3) is 3.12. The van der Waals surface area contributed by atoms with Crippen LogP contribution in [0.25, 0.3) is 0 Å². The van der Waals surface area contributed by atoms with E-state index in [1.807, 2.05) is 31.2 Å². The van der Waals surface area contributed by atoms with Crippen molar-refractivity contribution in [1.82, 2.24) is 0 Å². The topological polar surface area (TPSA) is 26.0 Å².